The molecule has 0 radical (unpaired) electrons. The summed E-state index contributed by atoms with van der Waals surface area (Å²) >= 11 is 0. The molecule has 5 heteroatoms. The predicted molar refractivity (Wildman–Crippen MR) is 77.3 cm³/mol. The SMILES string of the molecule is CCCCN(CC)C(=O)c1cncc(NCCC)n1. The van der Waals surface area contributed by atoms with Crippen LogP contribution in [0.3, 0.4) is 0 Å². The molecule has 0 fully saturated rings. The van der Waals surface area contributed by atoms with Crippen LogP contribution in [-0.2, 0) is 0 Å². The topological polar surface area (TPSA) is 58.1 Å². The van der Waals surface area contributed by atoms with Crippen molar-refractivity contribution >= 4 is 11.7 Å². The summed E-state index contributed by atoms with van der Waals surface area (Å²) in [5.74, 6) is 0.628. The van der Waals surface area contributed by atoms with E-state index in [1.165, 1.54) is 6.20 Å². The lowest BCUT2D eigenvalue weighted by Crippen LogP contribution is -2.32. The fourth-order valence-corrected chi connectivity index (χ4v) is 1.72. The lowest BCUT2D eigenvalue weighted by molar-refractivity contribution is 0.0756. The lowest BCUT2D eigenvalue weighted by Gasteiger charge is -2.20. The average molecular weight is 264 g/mol. The van der Waals surface area contributed by atoms with Gasteiger partial charge in [0.2, 0.25) is 0 Å². The molecule has 0 aliphatic carbocycles. The van der Waals surface area contributed by atoms with Gasteiger partial charge in [-0.15, -0.1) is 0 Å². The van der Waals surface area contributed by atoms with Crippen molar-refractivity contribution in [3.63, 3.8) is 0 Å². The third-order valence-electron chi connectivity index (χ3n) is 2.86. The number of hydrogen-bond acceptors (Lipinski definition) is 4. The number of hydrogen-bond donors (Lipinski definition) is 1. The molecule has 1 N–H and O–H groups in total. The van der Waals surface area contributed by atoms with Gasteiger partial charge in [0.05, 0.1) is 12.4 Å². The highest BCUT2D eigenvalue weighted by molar-refractivity contribution is 5.92. The first-order chi connectivity index (χ1) is 9.22. The van der Waals surface area contributed by atoms with Crippen molar-refractivity contribution in [3.05, 3.63) is 18.1 Å². The van der Waals surface area contributed by atoms with Crippen molar-refractivity contribution in [1.29, 1.82) is 0 Å². The van der Waals surface area contributed by atoms with Gasteiger partial charge in [0.1, 0.15) is 11.5 Å². The second-order valence-corrected chi connectivity index (χ2v) is 4.45. The Bertz CT molecular complexity index is 395. The van der Waals surface area contributed by atoms with Crippen LogP contribution in [0.15, 0.2) is 12.4 Å². The van der Waals surface area contributed by atoms with Crippen LogP contribution < -0.4 is 5.32 Å². The van der Waals surface area contributed by atoms with Crippen molar-refractivity contribution in [2.24, 2.45) is 0 Å². The van der Waals surface area contributed by atoms with E-state index in [1.807, 2.05) is 11.8 Å². The molecule has 5 nitrogen and oxygen atoms in total. The highest BCUT2D eigenvalue weighted by Gasteiger charge is 2.15. The molecule has 0 aliphatic heterocycles. The first-order valence-electron chi connectivity index (χ1n) is 7.08. The molecule has 1 aromatic rings. The molecule has 0 bridgehead atoms. The van der Waals surface area contributed by atoms with Crippen molar-refractivity contribution in [2.45, 2.75) is 40.0 Å². The van der Waals surface area contributed by atoms with E-state index < -0.39 is 0 Å². The second kappa shape index (κ2) is 8.45. The predicted octanol–water partition coefficient (Wildman–Crippen LogP) is 2.56. The Morgan fingerprint density at radius 3 is 2.68 bits per heavy atom. The summed E-state index contributed by atoms with van der Waals surface area (Å²) in [4.78, 5) is 22.5. The van der Waals surface area contributed by atoms with E-state index >= 15 is 0 Å². The summed E-state index contributed by atoms with van der Waals surface area (Å²) in [6.07, 6.45) is 6.29. The number of unbranched alkanes of at least 4 members (excludes halogenated alkanes) is 1. The standard InChI is InChI=1S/C14H24N4O/c1-4-7-9-18(6-3)14(19)12-10-15-11-13(17-12)16-8-5-2/h10-11H,4-9H2,1-3H3,(H,16,17). The number of carbonyl (C=O) groups is 1. The van der Waals surface area contributed by atoms with Crippen LogP contribution in [0.1, 0.15) is 50.5 Å². The van der Waals surface area contributed by atoms with Crippen molar-refractivity contribution in [1.82, 2.24) is 14.9 Å². The van der Waals surface area contributed by atoms with Crippen LogP contribution in [-0.4, -0.2) is 40.4 Å². The van der Waals surface area contributed by atoms with Crippen LogP contribution in [0.25, 0.3) is 0 Å². The van der Waals surface area contributed by atoms with E-state index in [-0.39, 0.29) is 5.91 Å². The van der Waals surface area contributed by atoms with E-state index in [0.29, 0.717) is 18.1 Å². The molecule has 0 aliphatic rings. The van der Waals surface area contributed by atoms with Crippen LogP contribution in [0, 0.1) is 0 Å². The van der Waals surface area contributed by atoms with Crippen molar-refractivity contribution in [2.75, 3.05) is 25.0 Å². The average Bonchev–Trinajstić information content (AvgIpc) is 2.46. The maximum atomic E-state index is 12.3. The molecule has 0 saturated carbocycles. The van der Waals surface area contributed by atoms with Crippen LogP contribution in [0.4, 0.5) is 5.82 Å². The van der Waals surface area contributed by atoms with Crippen LogP contribution in [0.5, 0.6) is 0 Å². The Morgan fingerprint density at radius 1 is 1.26 bits per heavy atom. The van der Waals surface area contributed by atoms with Gasteiger partial charge in [-0.05, 0) is 19.8 Å². The monoisotopic (exact) mass is 264 g/mol. The number of rotatable bonds is 8. The molecule has 1 amide bonds. The molecule has 0 spiro atoms. The summed E-state index contributed by atoms with van der Waals surface area (Å²) in [7, 11) is 0. The number of carbonyl (C=O) groups excluding carboxylic acids is 1. The zero-order chi connectivity index (χ0) is 14.1. The van der Waals surface area contributed by atoms with Gasteiger partial charge in [0.25, 0.3) is 5.91 Å². The molecular weight excluding hydrogens is 240 g/mol. The number of nitrogens with zero attached hydrogens (tertiary/aromatic N) is 3. The van der Waals surface area contributed by atoms with E-state index in [0.717, 1.165) is 32.4 Å². The van der Waals surface area contributed by atoms with Crippen molar-refractivity contribution < 1.29 is 4.79 Å². The van der Waals surface area contributed by atoms with Gasteiger partial charge < -0.3 is 10.2 Å². The summed E-state index contributed by atoms with van der Waals surface area (Å²) in [5, 5.41) is 3.15. The molecule has 0 aromatic carbocycles. The highest BCUT2D eigenvalue weighted by atomic mass is 16.2. The van der Waals surface area contributed by atoms with Crippen LogP contribution in [0.2, 0.25) is 0 Å². The quantitative estimate of drug-likeness (QED) is 0.784. The van der Waals surface area contributed by atoms with Gasteiger partial charge in [0, 0.05) is 19.6 Å². The normalized spacial score (nSPS) is 10.3. The highest BCUT2D eigenvalue weighted by Crippen LogP contribution is 2.07. The maximum absolute atomic E-state index is 12.3. The lowest BCUT2D eigenvalue weighted by atomic mass is 10.3. The molecule has 0 unspecified atom stereocenters. The summed E-state index contributed by atoms with van der Waals surface area (Å²) in [5.41, 5.74) is 0.416. The molecule has 106 valence electrons. The maximum Gasteiger partial charge on any atom is 0.274 e. The third kappa shape index (κ3) is 4.85. The molecule has 0 saturated heterocycles. The summed E-state index contributed by atoms with van der Waals surface area (Å²) in [6, 6.07) is 0. The van der Waals surface area contributed by atoms with Gasteiger partial charge >= 0.3 is 0 Å². The number of aromatic nitrogens is 2. The summed E-state index contributed by atoms with van der Waals surface area (Å²) < 4.78 is 0. The number of amides is 1. The number of anilines is 1. The molecule has 1 heterocycles. The molecular formula is C14H24N4O. The Balaban J connectivity index is 2.74. The van der Waals surface area contributed by atoms with Crippen LogP contribution >= 0.6 is 0 Å². The van der Waals surface area contributed by atoms with E-state index in [4.69, 9.17) is 0 Å². The smallest absolute Gasteiger partial charge is 0.274 e. The Labute approximate surface area is 115 Å². The summed E-state index contributed by atoms with van der Waals surface area (Å²) in [6.45, 7) is 8.50. The molecule has 19 heavy (non-hydrogen) atoms. The van der Waals surface area contributed by atoms with Gasteiger partial charge in [-0.2, -0.15) is 0 Å². The Kier molecular flexibility index (Phi) is 6.85. The first kappa shape index (κ1) is 15.4. The fraction of sp³-hybridized carbons (Fsp3) is 0.643. The minimum atomic E-state index is -0.0383. The van der Waals surface area contributed by atoms with E-state index in [2.05, 4.69) is 29.1 Å². The molecule has 1 aromatic heterocycles. The zero-order valence-corrected chi connectivity index (χ0v) is 12.1. The Hall–Kier alpha value is -1.65. The van der Waals surface area contributed by atoms with Gasteiger partial charge in [0.15, 0.2) is 0 Å². The largest absolute Gasteiger partial charge is 0.369 e. The number of nitrogens with one attached hydrogen (secondary N) is 1. The minimum absolute atomic E-state index is 0.0383. The van der Waals surface area contributed by atoms with Gasteiger partial charge in [-0.1, -0.05) is 20.3 Å². The van der Waals surface area contributed by atoms with E-state index in [1.54, 1.807) is 6.20 Å². The molecule has 0 atom stereocenters. The third-order valence-corrected chi connectivity index (χ3v) is 2.86. The minimum Gasteiger partial charge on any atom is -0.369 e. The van der Waals surface area contributed by atoms with Gasteiger partial charge in [-0.3, -0.25) is 9.78 Å². The second-order valence-electron chi connectivity index (χ2n) is 4.45. The van der Waals surface area contributed by atoms with E-state index in [9.17, 15) is 4.79 Å². The zero-order valence-electron chi connectivity index (χ0n) is 12.1. The fourth-order valence-electron chi connectivity index (χ4n) is 1.72. The Morgan fingerprint density at radius 2 is 2.05 bits per heavy atom. The van der Waals surface area contributed by atoms with Crippen molar-refractivity contribution in [3.8, 4) is 0 Å². The van der Waals surface area contributed by atoms with Gasteiger partial charge in [-0.25, -0.2) is 4.98 Å². The first-order valence-corrected chi connectivity index (χ1v) is 7.08. The molecule has 1 rings (SSSR count).